The Morgan fingerprint density at radius 1 is 0.944 bits per heavy atom. The molecule has 3 atom stereocenters. The van der Waals surface area contributed by atoms with Crippen molar-refractivity contribution in [1.29, 1.82) is 0 Å². The summed E-state index contributed by atoms with van der Waals surface area (Å²) >= 11 is 0. The maximum Gasteiger partial charge on any atom is 0.111 e. The topological polar surface area (TPSA) is 24.5 Å². The van der Waals surface area contributed by atoms with E-state index < -0.39 is 0 Å². The predicted octanol–water partition coefficient (Wildman–Crippen LogP) is 2.36. The zero-order valence-electron chi connectivity index (χ0n) is 11.9. The van der Waals surface area contributed by atoms with E-state index in [0.29, 0.717) is 18.4 Å². The Morgan fingerprint density at radius 2 is 1.67 bits per heavy atom. The molecule has 3 nitrogen and oxygen atoms in total. The zero-order chi connectivity index (χ0) is 12.5. The molecular weight excluding hydrogens is 224 g/mol. The van der Waals surface area contributed by atoms with Crippen LogP contribution < -0.4 is 5.32 Å². The van der Waals surface area contributed by atoms with E-state index in [4.69, 9.17) is 4.74 Å². The molecule has 3 unspecified atom stereocenters. The smallest absolute Gasteiger partial charge is 0.111 e. The van der Waals surface area contributed by atoms with Gasteiger partial charge in [-0.3, -0.25) is 5.32 Å². The largest absolute Gasteiger partial charge is 0.358 e. The Morgan fingerprint density at radius 3 is 2.33 bits per heavy atom. The molecule has 18 heavy (non-hydrogen) atoms. The molecule has 0 aromatic rings. The minimum Gasteiger partial charge on any atom is -0.358 e. The van der Waals surface area contributed by atoms with E-state index in [2.05, 4.69) is 24.3 Å². The second-order valence-electron chi connectivity index (χ2n) is 6.68. The van der Waals surface area contributed by atoms with Crippen molar-refractivity contribution < 1.29 is 4.74 Å². The molecule has 0 aromatic heterocycles. The third kappa shape index (κ3) is 2.59. The van der Waals surface area contributed by atoms with E-state index in [1.807, 2.05) is 0 Å². The van der Waals surface area contributed by atoms with Crippen molar-refractivity contribution in [1.82, 2.24) is 10.2 Å². The molecule has 0 amide bonds. The van der Waals surface area contributed by atoms with E-state index in [1.54, 1.807) is 0 Å². The Bertz CT molecular complexity index is 260. The highest BCUT2D eigenvalue weighted by Crippen LogP contribution is 2.35. The molecule has 3 heteroatoms. The maximum atomic E-state index is 6.28. The first-order valence-corrected chi connectivity index (χ1v) is 7.82. The second kappa shape index (κ2) is 5.48. The van der Waals surface area contributed by atoms with Crippen LogP contribution in [0.4, 0.5) is 0 Å². The molecule has 3 rings (SSSR count). The van der Waals surface area contributed by atoms with Gasteiger partial charge in [-0.1, -0.05) is 12.8 Å². The van der Waals surface area contributed by atoms with Crippen molar-refractivity contribution in [2.75, 3.05) is 14.1 Å². The van der Waals surface area contributed by atoms with Crippen LogP contribution in [-0.2, 0) is 4.74 Å². The highest BCUT2D eigenvalue weighted by atomic mass is 16.5. The number of fused-ring (bicyclic) bond motifs is 1. The summed E-state index contributed by atoms with van der Waals surface area (Å²) in [6, 6.07) is 1.46. The number of nitrogens with zero attached hydrogens (tertiary/aromatic N) is 1. The predicted molar refractivity (Wildman–Crippen MR) is 73.5 cm³/mol. The van der Waals surface area contributed by atoms with Crippen LogP contribution in [-0.4, -0.2) is 43.4 Å². The Kier molecular flexibility index (Phi) is 3.92. The van der Waals surface area contributed by atoms with Crippen molar-refractivity contribution in [3.8, 4) is 0 Å². The van der Waals surface area contributed by atoms with Gasteiger partial charge in [-0.05, 0) is 58.5 Å². The lowest BCUT2D eigenvalue weighted by molar-refractivity contribution is -0.0200. The van der Waals surface area contributed by atoms with Gasteiger partial charge in [0.25, 0.3) is 0 Å². The van der Waals surface area contributed by atoms with Crippen LogP contribution in [0.2, 0.25) is 0 Å². The molecule has 3 fully saturated rings. The second-order valence-corrected chi connectivity index (χ2v) is 6.68. The lowest BCUT2D eigenvalue weighted by Gasteiger charge is -2.35. The molecule has 1 saturated heterocycles. The first-order chi connectivity index (χ1) is 8.74. The van der Waals surface area contributed by atoms with Crippen molar-refractivity contribution in [3.63, 3.8) is 0 Å². The molecule has 0 bridgehead atoms. The monoisotopic (exact) mass is 252 g/mol. The zero-order valence-corrected chi connectivity index (χ0v) is 11.9. The van der Waals surface area contributed by atoms with Gasteiger partial charge in [0.05, 0.1) is 6.10 Å². The average Bonchev–Trinajstić information content (AvgIpc) is 2.82. The fraction of sp³-hybridized carbons (Fsp3) is 1.00. The summed E-state index contributed by atoms with van der Waals surface area (Å²) in [6.45, 7) is 0. The van der Waals surface area contributed by atoms with Gasteiger partial charge in [0.1, 0.15) is 6.23 Å². The summed E-state index contributed by atoms with van der Waals surface area (Å²) in [5.74, 6) is 0.756. The number of ether oxygens (including phenoxy) is 1. The SMILES string of the molecule is CN(C)C1CCC(C2NC3CCCCC3O2)CC1. The van der Waals surface area contributed by atoms with Gasteiger partial charge in [-0.2, -0.15) is 0 Å². The van der Waals surface area contributed by atoms with Gasteiger partial charge in [-0.15, -0.1) is 0 Å². The van der Waals surface area contributed by atoms with E-state index in [1.165, 1.54) is 51.4 Å². The number of nitrogens with one attached hydrogen (secondary N) is 1. The summed E-state index contributed by atoms with van der Waals surface area (Å²) in [5, 5.41) is 3.77. The molecule has 2 saturated carbocycles. The third-order valence-corrected chi connectivity index (χ3v) is 5.30. The van der Waals surface area contributed by atoms with Crippen molar-refractivity contribution in [2.45, 2.75) is 75.8 Å². The molecule has 1 heterocycles. The molecule has 3 aliphatic rings. The van der Waals surface area contributed by atoms with E-state index in [0.717, 1.165) is 12.0 Å². The molecule has 1 N–H and O–H groups in total. The fourth-order valence-corrected chi connectivity index (χ4v) is 4.06. The average molecular weight is 252 g/mol. The molecule has 1 aliphatic heterocycles. The first-order valence-electron chi connectivity index (χ1n) is 7.82. The summed E-state index contributed by atoms with van der Waals surface area (Å²) < 4.78 is 6.28. The summed E-state index contributed by atoms with van der Waals surface area (Å²) in [5.41, 5.74) is 0. The summed E-state index contributed by atoms with van der Waals surface area (Å²) in [7, 11) is 4.42. The molecule has 0 spiro atoms. The molecule has 2 aliphatic carbocycles. The highest BCUT2D eigenvalue weighted by molar-refractivity contribution is 4.92. The molecule has 104 valence electrons. The molecular formula is C15H28N2O. The number of hydrogen-bond acceptors (Lipinski definition) is 3. The van der Waals surface area contributed by atoms with Crippen LogP contribution in [0.5, 0.6) is 0 Å². The highest BCUT2D eigenvalue weighted by Gasteiger charge is 2.40. The van der Waals surface area contributed by atoms with Crippen LogP contribution in [0.15, 0.2) is 0 Å². The summed E-state index contributed by atoms with van der Waals surface area (Å²) in [4.78, 5) is 2.39. The Labute approximate surface area is 111 Å². The van der Waals surface area contributed by atoms with Gasteiger partial charge in [0.2, 0.25) is 0 Å². The van der Waals surface area contributed by atoms with E-state index >= 15 is 0 Å². The number of rotatable bonds is 2. The van der Waals surface area contributed by atoms with Crippen LogP contribution in [0, 0.1) is 5.92 Å². The van der Waals surface area contributed by atoms with Crippen molar-refractivity contribution in [3.05, 3.63) is 0 Å². The minimum atomic E-state index is 0.362. The van der Waals surface area contributed by atoms with Gasteiger partial charge in [0, 0.05) is 12.1 Å². The van der Waals surface area contributed by atoms with Crippen LogP contribution >= 0.6 is 0 Å². The third-order valence-electron chi connectivity index (χ3n) is 5.30. The van der Waals surface area contributed by atoms with E-state index in [9.17, 15) is 0 Å². The molecule has 0 radical (unpaired) electrons. The Balaban J connectivity index is 1.51. The summed E-state index contributed by atoms with van der Waals surface area (Å²) in [6.07, 6.45) is 11.6. The lowest BCUT2D eigenvalue weighted by Crippen LogP contribution is -2.41. The number of hydrogen-bond donors (Lipinski definition) is 1. The van der Waals surface area contributed by atoms with Gasteiger partial charge in [0.15, 0.2) is 0 Å². The maximum absolute atomic E-state index is 6.28. The van der Waals surface area contributed by atoms with Crippen molar-refractivity contribution >= 4 is 0 Å². The fourth-order valence-electron chi connectivity index (χ4n) is 4.06. The van der Waals surface area contributed by atoms with Gasteiger partial charge in [-0.25, -0.2) is 0 Å². The van der Waals surface area contributed by atoms with Gasteiger partial charge >= 0.3 is 0 Å². The molecule has 0 aromatic carbocycles. The van der Waals surface area contributed by atoms with Crippen LogP contribution in [0.1, 0.15) is 51.4 Å². The van der Waals surface area contributed by atoms with Crippen LogP contribution in [0.25, 0.3) is 0 Å². The van der Waals surface area contributed by atoms with E-state index in [-0.39, 0.29) is 0 Å². The quantitative estimate of drug-likeness (QED) is 0.816. The standard InChI is InChI=1S/C15H28N2O/c1-17(2)12-9-7-11(8-10-12)15-16-13-5-3-4-6-14(13)18-15/h11-16H,3-10H2,1-2H3. The lowest BCUT2D eigenvalue weighted by atomic mass is 9.84. The van der Waals surface area contributed by atoms with Gasteiger partial charge < -0.3 is 9.64 Å². The van der Waals surface area contributed by atoms with Crippen molar-refractivity contribution in [2.24, 2.45) is 5.92 Å². The first kappa shape index (κ1) is 12.9. The van der Waals surface area contributed by atoms with Crippen LogP contribution in [0.3, 0.4) is 0 Å². The minimum absolute atomic E-state index is 0.362. The Hall–Kier alpha value is -0.120. The normalized spacial score (nSPS) is 45.2.